The summed E-state index contributed by atoms with van der Waals surface area (Å²) in [5, 5.41) is 2.43. The number of hydrogen-bond acceptors (Lipinski definition) is 3. The van der Waals surface area contributed by atoms with Crippen LogP contribution in [0, 0.1) is 6.92 Å². The van der Waals surface area contributed by atoms with Crippen molar-refractivity contribution in [2.45, 2.75) is 137 Å². The summed E-state index contributed by atoms with van der Waals surface area (Å²) in [5.41, 5.74) is 21.6. The van der Waals surface area contributed by atoms with E-state index in [-0.39, 0.29) is 33.9 Å². The van der Waals surface area contributed by atoms with E-state index < -0.39 is 0 Å². The van der Waals surface area contributed by atoms with E-state index in [1.165, 1.54) is 107 Å². The van der Waals surface area contributed by atoms with Crippen molar-refractivity contribution in [3.05, 3.63) is 137 Å². The zero-order valence-corrected chi connectivity index (χ0v) is 39.1. The van der Waals surface area contributed by atoms with Crippen molar-refractivity contribution in [3.8, 4) is 11.1 Å². The molecule has 3 nitrogen and oxygen atoms in total. The summed E-state index contributed by atoms with van der Waals surface area (Å²) in [6.45, 7) is 32.7. The molecule has 3 aliphatic rings. The van der Waals surface area contributed by atoms with Gasteiger partial charge in [-0.2, -0.15) is 0 Å². The zero-order chi connectivity index (χ0) is 43.3. The molecule has 0 bridgehead atoms. The van der Waals surface area contributed by atoms with Crippen LogP contribution in [-0.4, -0.2) is 6.85 Å². The van der Waals surface area contributed by atoms with Crippen molar-refractivity contribution in [2.75, 3.05) is 9.71 Å². The molecule has 0 atom stereocenters. The highest BCUT2D eigenvalue weighted by Gasteiger charge is 2.47. The van der Waals surface area contributed by atoms with Gasteiger partial charge >= 0.3 is 6.85 Å². The topological polar surface area (TPSA) is 19.6 Å². The summed E-state index contributed by atoms with van der Waals surface area (Å²) in [5.74, 6) is 0. The lowest BCUT2D eigenvalue weighted by molar-refractivity contribution is 0.332. The molecule has 0 fully saturated rings. The second kappa shape index (κ2) is 12.9. The van der Waals surface area contributed by atoms with Crippen LogP contribution in [0.15, 0.2) is 108 Å². The minimum atomic E-state index is -0.0657. The first-order valence-corrected chi connectivity index (χ1v) is 22.7. The summed E-state index contributed by atoms with van der Waals surface area (Å²) < 4.78 is 6.99. The first-order valence-electron chi connectivity index (χ1n) is 22.7. The number of benzene rings is 6. The second-order valence-electron chi connectivity index (χ2n) is 23.1. The Morgan fingerprint density at radius 1 is 0.541 bits per heavy atom. The maximum absolute atomic E-state index is 6.99. The first-order chi connectivity index (χ1) is 28.5. The molecule has 2 aliphatic heterocycles. The van der Waals surface area contributed by atoms with Crippen LogP contribution in [0.25, 0.3) is 33.1 Å². The Morgan fingerprint density at radius 2 is 1.08 bits per heavy atom. The summed E-state index contributed by atoms with van der Waals surface area (Å²) >= 11 is 0. The number of furan rings is 1. The van der Waals surface area contributed by atoms with E-state index in [0.717, 1.165) is 11.2 Å². The lowest BCUT2D eigenvalue weighted by Crippen LogP contribution is -2.61. The Balaban J connectivity index is 1.33. The molecule has 10 rings (SSSR count). The lowest BCUT2D eigenvalue weighted by atomic mass is 9.43. The van der Waals surface area contributed by atoms with E-state index in [1.807, 2.05) is 0 Å². The van der Waals surface area contributed by atoms with Gasteiger partial charge in [0.2, 0.25) is 0 Å². The van der Waals surface area contributed by atoms with Crippen LogP contribution in [0.2, 0.25) is 0 Å². The van der Waals surface area contributed by atoms with Gasteiger partial charge in [0.1, 0.15) is 11.2 Å². The fourth-order valence-electron chi connectivity index (χ4n) is 10.8. The molecule has 0 N–H and O–H groups in total. The van der Waals surface area contributed by atoms with Gasteiger partial charge < -0.3 is 14.1 Å². The predicted octanol–water partition coefficient (Wildman–Crippen LogP) is 14.8. The van der Waals surface area contributed by atoms with Crippen LogP contribution < -0.4 is 20.6 Å². The van der Waals surface area contributed by atoms with Crippen LogP contribution in [0.1, 0.15) is 136 Å². The summed E-state index contributed by atoms with van der Waals surface area (Å²) in [6, 6.07) is 40.5. The van der Waals surface area contributed by atoms with Crippen molar-refractivity contribution >= 4 is 68.1 Å². The molecule has 0 radical (unpaired) electrons. The Hall–Kier alpha value is -5.22. The molecule has 310 valence electrons. The van der Waals surface area contributed by atoms with E-state index in [9.17, 15) is 0 Å². The Morgan fingerprint density at radius 3 is 1.67 bits per heavy atom. The van der Waals surface area contributed by atoms with E-state index in [1.54, 1.807) is 0 Å². The molecule has 1 aromatic heterocycles. The van der Waals surface area contributed by atoms with Gasteiger partial charge in [-0.1, -0.05) is 132 Å². The third-order valence-electron chi connectivity index (χ3n) is 14.6. The molecule has 1 aliphatic carbocycles. The minimum absolute atomic E-state index is 0.0281. The minimum Gasteiger partial charge on any atom is -0.456 e. The Bertz CT molecular complexity index is 2920. The zero-order valence-electron chi connectivity index (χ0n) is 39.1. The van der Waals surface area contributed by atoms with Gasteiger partial charge in [0, 0.05) is 44.8 Å². The highest BCUT2D eigenvalue weighted by atomic mass is 16.3. The molecule has 3 heterocycles. The first kappa shape index (κ1) is 39.9. The maximum Gasteiger partial charge on any atom is 0.333 e. The van der Waals surface area contributed by atoms with E-state index in [2.05, 4.69) is 210 Å². The molecule has 4 heteroatoms. The number of aryl methyl sites for hydroxylation is 1. The summed E-state index contributed by atoms with van der Waals surface area (Å²) in [4.78, 5) is 5.22. The van der Waals surface area contributed by atoms with Gasteiger partial charge in [0.05, 0.1) is 0 Å². The average Bonchev–Trinajstić information content (AvgIpc) is 3.56. The number of nitrogens with zero attached hydrogens (tertiary/aromatic N) is 2. The third-order valence-corrected chi connectivity index (χ3v) is 14.6. The largest absolute Gasteiger partial charge is 0.456 e. The molecule has 0 unspecified atom stereocenters. The quantitative estimate of drug-likeness (QED) is 0.162. The third kappa shape index (κ3) is 6.13. The monoisotopic (exact) mass is 803 g/mol. The number of fused-ring (bicyclic) bond motifs is 9. The molecule has 6 aromatic carbocycles. The van der Waals surface area contributed by atoms with Crippen molar-refractivity contribution in [1.29, 1.82) is 0 Å². The fourth-order valence-corrected chi connectivity index (χ4v) is 10.8. The Kier molecular flexibility index (Phi) is 8.44. The standard InChI is InChI=1S/C57H63BN2O/c1-34-29-41-50-46(25-26-48-51(50)40-32-42-43(33-49(40)61-48)57(13,14)28-27-56(42,11)12)60(39-22-17-36(18-23-39)54(5,6)7)58-44-31-37(55(8,9)10)19-24-45(44)59(47(30-34)52(41)58)38-20-15-35(16-21-38)53(2,3)4/h15-26,29-33H,27-28H2,1-14H3. The maximum atomic E-state index is 6.99. The van der Waals surface area contributed by atoms with Gasteiger partial charge in [-0.15, -0.1) is 0 Å². The lowest BCUT2D eigenvalue weighted by Gasteiger charge is -2.46. The van der Waals surface area contributed by atoms with Crippen LogP contribution in [0.4, 0.5) is 28.4 Å². The van der Waals surface area contributed by atoms with E-state index in [0.29, 0.717) is 0 Å². The van der Waals surface area contributed by atoms with Crippen molar-refractivity contribution in [1.82, 2.24) is 0 Å². The molecule has 0 saturated heterocycles. The SMILES string of the molecule is Cc1cc2c3c(c1)N(c1ccc(C(C)(C)C)cc1)c1ccc(C(C)(C)C)cc1B3N(c1ccc(C(C)(C)C)cc1)c1ccc3oc4cc5c(cc4c3c1-2)C(C)(C)CCC5(C)C. The normalized spacial score (nSPS) is 16.7. The van der Waals surface area contributed by atoms with Gasteiger partial charge in [-0.3, -0.25) is 0 Å². The highest BCUT2D eigenvalue weighted by molar-refractivity contribution is 6.93. The highest BCUT2D eigenvalue weighted by Crippen LogP contribution is 2.53. The molecular formula is C57H63BN2O. The van der Waals surface area contributed by atoms with Gasteiger partial charge in [-0.05, 0) is 157 Å². The number of rotatable bonds is 2. The van der Waals surface area contributed by atoms with Crippen molar-refractivity contribution in [3.63, 3.8) is 0 Å². The molecular weight excluding hydrogens is 739 g/mol. The second-order valence-corrected chi connectivity index (χ2v) is 23.1. The fraction of sp³-hybridized carbons (Fsp3) is 0.368. The van der Waals surface area contributed by atoms with Crippen LogP contribution in [0.3, 0.4) is 0 Å². The van der Waals surface area contributed by atoms with Crippen molar-refractivity contribution < 1.29 is 4.42 Å². The van der Waals surface area contributed by atoms with Crippen molar-refractivity contribution in [2.24, 2.45) is 0 Å². The number of anilines is 5. The number of hydrogen-bond donors (Lipinski definition) is 0. The summed E-state index contributed by atoms with van der Waals surface area (Å²) in [7, 11) is 0. The van der Waals surface area contributed by atoms with Crippen LogP contribution >= 0.6 is 0 Å². The van der Waals surface area contributed by atoms with Gasteiger partial charge in [0.25, 0.3) is 0 Å². The van der Waals surface area contributed by atoms with E-state index >= 15 is 0 Å². The Labute approximate surface area is 365 Å². The van der Waals surface area contributed by atoms with Gasteiger partial charge in [-0.25, -0.2) is 0 Å². The van der Waals surface area contributed by atoms with Crippen LogP contribution in [-0.2, 0) is 27.1 Å². The average molecular weight is 803 g/mol. The molecule has 0 spiro atoms. The molecule has 0 saturated carbocycles. The predicted molar refractivity (Wildman–Crippen MR) is 264 cm³/mol. The van der Waals surface area contributed by atoms with Crippen LogP contribution in [0.5, 0.6) is 0 Å². The van der Waals surface area contributed by atoms with E-state index in [4.69, 9.17) is 4.42 Å². The smallest absolute Gasteiger partial charge is 0.333 e. The summed E-state index contributed by atoms with van der Waals surface area (Å²) in [6.07, 6.45) is 2.34. The van der Waals surface area contributed by atoms with Gasteiger partial charge in [0.15, 0.2) is 0 Å². The molecule has 7 aromatic rings. The molecule has 61 heavy (non-hydrogen) atoms. The molecule has 0 amide bonds.